The van der Waals surface area contributed by atoms with E-state index in [2.05, 4.69) is 16.7 Å². The van der Waals surface area contributed by atoms with Gasteiger partial charge in [-0.3, -0.25) is 9.10 Å². The molecular weight excluding hydrogens is 344 g/mol. The predicted molar refractivity (Wildman–Crippen MR) is 94.4 cm³/mol. The minimum atomic E-state index is -3.74. The molecule has 0 amide bonds. The highest BCUT2D eigenvalue weighted by Gasteiger charge is 2.34. The molecule has 1 aliphatic heterocycles. The van der Waals surface area contributed by atoms with Gasteiger partial charge >= 0.3 is 5.97 Å². The van der Waals surface area contributed by atoms with Gasteiger partial charge in [0.15, 0.2) is 0 Å². The average Bonchev–Trinajstić information content (AvgIpc) is 2.60. The molecule has 0 fully saturated rings. The van der Waals surface area contributed by atoms with Crippen LogP contribution in [0.2, 0.25) is 0 Å². The zero-order valence-corrected chi connectivity index (χ0v) is 15.4. The van der Waals surface area contributed by atoms with Crippen molar-refractivity contribution in [3.63, 3.8) is 0 Å². The van der Waals surface area contributed by atoms with Crippen LogP contribution in [0.15, 0.2) is 34.2 Å². The first kappa shape index (κ1) is 19.4. The van der Waals surface area contributed by atoms with Gasteiger partial charge in [0, 0.05) is 19.8 Å². The topological polar surface area (TPSA) is 85.3 Å². The molecule has 0 N–H and O–H groups in total. The highest BCUT2D eigenvalue weighted by atomic mass is 32.2. The number of aliphatic imine (C=N–C) groups is 1. The molecule has 1 aromatic rings. The van der Waals surface area contributed by atoms with Crippen molar-refractivity contribution < 1.29 is 22.7 Å². The standard InChI is InChI=1S/C17H24N2O5S/c1-3-4-11-24-12-7-10-19-16(13-17(20)23-2)18-14-8-5-6-9-15(14)25(19,21)22/h5-6,8-9H,3-4,7,10-13H2,1-2H3. The minimum Gasteiger partial charge on any atom is -0.469 e. The summed E-state index contributed by atoms with van der Waals surface area (Å²) in [6, 6.07) is 6.51. The monoisotopic (exact) mass is 368 g/mol. The lowest BCUT2D eigenvalue weighted by molar-refractivity contribution is -0.139. The summed E-state index contributed by atoms with van der Waals surface area (Å²) in [6.07, 6.45) is 2.35. The van der Waals surface area contributed by atoms with Crippen molar-refractivity contribution in [1.29, 1.82) is 0 Å². The summed E-state index contributed by atoms with van der Waals surface area (Å²) >= 11 is 0. The Hall–Kier alpha value is -1.93. The van der Waals surface area contributed by atoms with Crippen LogP contribution in [0, 0.1) is 0 Å². The highest BCUT2D eigenvalue weighted by molar-refractivity contribution is 7.90. The molecule has 0 saturated carbocycles. The molecule has 1 aliphatic rings. The number of hydrogen-bond acceptors (Lipinski definition) is 6. The van der Waals surface area contributed by atoms with Gasteiger partial charge in [-0.2, -0.15) is 0 Å². The number of methoxy groups -OCH3 is 1. The van der Waals surface area contributed by atoms with E-state index in [1.807, 2.05) is 0 Å². The second-order valence-corrected chi connectivity index (χ2v) is 7.48. The normalized spacial score (nSPS) is 15.4. The minimum absolute atomic E-state index is 0.149. The second-order valence-electron chi connectivity index (χ2n) is 5.65. The number of rotatable bonds is 9. The fourth-order valence-electron chi connectivity index (χ4n) is 2.46. The quantitative estimate of drug-likeness (QED) is 0.494. The van der Waals surface area contributed by atoms with Crippen LogP contribution in [0.5, 0.6) is 0 Å². The summed E-state index contributed by atoms with van der Waals surface area (Å²) in [5.41, 5.74) is 0.344. The number of benzene rings is 1. The molecule has 0 atom stereocenters. The number of carbonyl (C=O) groups is 1. The highest BCUT2D eigenvalue weighted by Crippen LogP contribution is 2.32. The SMILES string of the molecule is CCCCOCCCN1C(CC(=O)OC)=Nc2ccccc2S1(=O)=O. The van der Waals surface area contributed by atoms with Gasteiger partial charge in [-0.15, -0.1) is 0 Å². The van der Waals surface area contributed by atoms with Crippen LogP contribution in [0.4, 0.5) is 5.69 Å². The summed E-state index contributed by atoms with van der Waals surface area (Å²) in [5.74, 6) is -0.350. The number of nitrogens with zero attached hydrogens (tertiary/aromatic N) is 2. The largest absolute Gasteiger partial charge is 0.469 e. The van der Waals surface area contributed by atoms with Crippen molar-refractivity contribution >= 4 is 27.5 Å². The number of esters is 1. The Morgan fingerprint density at radius 1 is 1.20 bits per heavy atom. The number of amidine groups is 1. The maximum absolute atomic E-state index is 12.9. The fraction of sp³-hybridized carbons (Fsp3) is 0.529. The molecule has 1 aromatic carbocycles. The second kappa shape index (κ2) is 8.96. The maximum atomic E-state index is 12.9. The summed E-state index contributed by atoms with van der Waals surface area (Å²) in [7, 11) is -2.48. The number of hydrogen-bond donors (Lipinski definition) is 0. The summed E-state index contributed by atoms with van der Waals surface area (Å²) < 4.78 is 37.1. The van der Waals surface area contributed by atoms with Crippen LogP contribution in [-0.4, -0.2) is 51.4 Å². The van der Waals surface area contributed by atoms with Gasteiger partial charge in [0.1, 0.15) is 17.2 Å². The van der Waals surface area contributed by atoms with Crippen molar-refractivity contribution in [3.05, 3.63) is 24.3 Å². The van der Waals surface area contributed by atoms with Crippen molar-refractivity contribution in [2.24, 2.45) is 4.99 Å². The van der Waals surface area contributed by atoms with Crippen molar-refractivity contribution in [2.45, 2.75) is 37.5 Å². The third-order valence-corrected chi connectivity index (χ3v) is 5.67. The van der Waals surface area contributed by atoms with E-state index in [1.54, 1.807) is 18.2 Å². The number of ether oxygens (including phenoxy) is 2. The molecule has 7 nitrogen and oxygen atoms in total. The molecule has 0 bridgehead atoms. The van der Waals surface area contributed by atoms with Crippen LogP contribution in [-0.2, 0) is 24.3 Å². The Morgan fingerprint density at radius 2 is 1.92 bits per heavy atom. The molecule has 0 spiro atoms. The van der Waals surface area contributed by atoms with Crippen molar-refractivity contribution in [1.82, 2.24) is 4.31 Å². The molecule has 0 aliphatic carbocycles. The molecule has 0 saturated heterocycles. The van der Waals surface area contributed by atoms with E-state index >= 15 is 0 Å². The fourth-order valence-corrected chi connectivity index (χ4v) is 4.08. The molecule has 0 unspecified atom stereocenters. The molecule has 0 aromatic heterocycles. The van der Waals surface area contributed by atoms with Gasteiger partial charge in [-0.1, -0.05) is 25.5 Å². The van der Waals surface area contributed by atoms with E-state index in [4.69, 9.17) is 4.74 Å². The number of unbranched alkanes of at least 4 members (excludes halogenated alkanes) is 1. The van der Waals surface area contributed by atoms with Crippen LogP contribution in [0.25, 0.3) is 0 Å². The molecule has 25 heavy (non-hydrogen) atoms. The lowest BCUT2D eigenvalue weighted by Gasteiger charge is -2.29. The molecule has 138 valence electrons. The van der Waals surface area contributed by atoms with E-state index in [-0.39, 0.29) is 23.7 Å². The number of para-hydroxylation sites is 1. The Morgan fingerprint density at radius 3 is 2.64 bits per heavy atom. The van der Waals surface area contributed by atoms with E-state index < -0.39 is 16.0 Å². The first-order valence-corrected chi connectivity index (χ1v) is 9.78. The van der Waals surface area contributed by atoms with Crippen LogP contribution in [0.1, 0.15) is 32.6 Å². The third kappa shape index (κ3) is 4.79. The molecule has 1 heterocycles. The van der Waals surface area contributed by atoms with Gasteiger partial charge in [0.05, 0.1) is 12.8 Å². The first-order chi connectivity index (χ1) is 12.0. The Bertz CT molecular complexity index is 730. The average molecular weight is 368 g/mol. The third-order valence-electron chi connectivity index (χ3n) is 3.79. The van der Waals surface area contributed by atoms with Gasteiger partial charge < -0.3 is 9.47 Å². The Kier molecular flexibility index (Phi) is 6.95. The van der Waals surface area contributed by atoms with Gasteiger partial charge in [0.2, 0.25) is 0 Å². The number of carbonyl (C=O) groups excluding carboxylic acids is 1. The summed E-state index contributed by atoms with van der Waals surface area (Å²) in [4.78, 5) is 16.2. The molecular formula is C17H24N2O5S. The van der Waals surface area contributed by atoms with Gasteiger partial charge in [-0.25, -0.2) is 13.4 Å². The summed E-state index contributed by atoms with van der Waals surface area (Å²) in [5, 5.41) is 0. The van der Waals surface area contributed by atoms with Crippen LogP contribution in [0.3, 0.4) is 0 Å². The Labute approximate surface area is 148 Å². The zero-order chi connectivity index (χ0) is 18.3. The van der Waals surface area contributed by atoms with Crippen LogP contribution < -0.4 is 0 Å². The number of fused-ring (bicyclic) bond motifs is 1. The first-order valence-electron chi connectivity index (χ1n) is 8.34. The summed E-state index contributed by atoms with van der Waals surface area (Å²) in [6.45, 7) is 3.41. The van der Waals surface area contributed by atoms with E-state index in [9.17, 15) is 13.2 Å². The van der Waals surface area contributed by atoms with E-state index in [1.165, 1.54) is 17.5 Å². The maximum Gasteiger partial charge on any atom is 0.313 e. The van der Waals surface area contributed by atoms with Gasteiger partial charge in [0.25, 0.3) is 10.0 Å². The van der Waals surface area contributed by atoms with Crippen molar-refractivity contribution in [3.8, 4) is 0 Å². The lowest BCUT2D eigenvalue weighted by Crippen LogP contribution is -2.41. The van der Waals surface area contributed by atoms with Crippen LogP contribution >= 0.6 is 0 Å². The van der Waals surface area contributed by atoms with E-state index in [0.29, 0.717) is 25.3 Å². The van der Waals surface area contributed by atoms with E-state index in [0.717, 1.165) is 12.8 Å². The Balaban J connectivity index is 2.17. The predicted octanol–water partition coefficient (Wildman–Crippen LogP) is 2.49. The number of sulfonamides is 1. The van der Waals surface area contributed by atoms with Crippen molar-refractivity contribution in [2.75, 3.05) is 26.9 Å². The molecule has 8 heteroatoms. The lowest BCUT2D eigenvalue weighted by atomic mass is 10.3. The van der Waals surface area contributed by atoms with Gasteiger partial charge in [-0.05, 0) is 25.0 Å². The molecule has 2 rings (SSSR count). The smallest absolute Gasteiger partial charge is 0.313 e. The molecule has 0 radical (unpaired) electrons. The zero-order valence-electron chi connectivity index (χ0n) is 14.6.